The molecule has 1 aromatic rings. The number of hydrogen-bond acceptors (Lipinski definition) is 8. The Hall–Kier alpha value is -3.17. The van der Waals surface area contributed by atoms with Gasteiger partial charge in [0.05, 0.1) is 11.6 Å². The number of aliphatic hydroxyl groups is 3. The molecule has 1 amide bonds. The molecule has 4 atom stereocenters. The summed E-state index contributed by atoms with van der Waals surface area (Å²) >= 11 is 0. The fraction of sp³-hybridized carbons (Fsp3) is 0.381. The lowest BCUT2D eigenvalue weighted by Gasteiger charge is -2.50. The van der Waals surface area contributed by atoms with Gasteiger partial charge in [0.2, 0.25) is 5.78 Å². The van der Waals surface area contributed by atoms with Crippen LogP contribution in [0.1, 0.15) is 17.5 Å². The van der Waals surface area contributed by atoms with E-state index in [-0.39, 0.29) is 23.3 Å². The smallest absolute Gasteiger partial charge is 0.255 e. The number of aliphatic hydroxyl groups excluding tert-OH is 2. The maximum absolute atomic E-state index is 13.5. The lowest BCUT2D eigenvalue weighted by molar-refractivity contribution is -0.153. The highest BCUT2D eigenvalue weighted by molar-refractivity contribution is 6.24. The van der Waals surface area contributed by atoms with Gasteiger partial charge in [-0.3, -0.25) is 19.3 Å². The number of rotatable bonds is 2. The molecule has 0 radical (unpaired) electrons. The molecule has 3 aliphatic carbocycles. The third-order valence-electron chi connectivity index (χ3n) is 6.46. The van der Waals surface area contributed by atoms with E-state index in [4.69, 9.17) is 5.73 Å². The summed E-state index contributed by atoms with van der Waals surface area (Å²) in [6.45, 7) is 0. The van der Waals surface area contributed by atoms with Crippen LogP contribution >= 0.6 is 0 Å². The van der Waals surface area contributed by atoms with E-state index in [1.807, 2.05) is 0 Å². The molecule has 1 aromatic carbocycles. The first-order valence-corrected chi connectivity index (χ1v) is 9.47. The van der Waals surface area contributed by atoms with E-state index >= 15 is 0 Å². The number of fused-ring (bicyclic) bond motifs is 3. The van der Waals surface area contributed by atoms with Gasteiger partial charge in [-0.2, -0.15) is 0 Å². The van der Waals surface area contributed by atoms with Gasteiger partial charge in [-0.25, -0.2) is 0 Å². The number of nitrogens with zero attached hydrogens (tertiary/aromatic N) is 1. The van der Waals surface area contributed by atoms with Crippen molar-refractivity contribution in [1.82, 2.24) is 4.90 Å². The highest BCUT2D eigenvalue weighted by Crippen LogP contribution is 2.52. The number of carbonyl (C=O) groups is 3. The maximum atomic E-state index is 13.5. The van der Waals surface area contributed by atoms with E-state index in [9.17, 15) is 34.8 Å². The van der Waals surface area contributed by atoms with Crippen LogP contribution in [0.25, 0.3) is 5.76 Å². The van der Waals surface area contributed by atoms with Crippen LogP contribution in [0.3, 0.4) is 0 Å². The van der Waals surface area contributed by atoms with Gasteiger partial charge >= 0.3 is 0 Å². The van der Waals surface area contributed by atoms with E-state index in [1.54, 1.807) is 26.2 Å². The molecule has 4 rings (SSSR count). The lowest BCUT2D eigenvalue weighted by Crippen LogP contribution is -2.65. The summed E-state index contributed by atoms with van der Waals surface area (Å²) in [4.78, 5) is 39.7. The molecule has 1 saturated carbocycles. The number of phenolic OH excluding ortho intramolecular Hbond substituents is 1. The molecule has 158 valence electrons. The first kappa shape index (κ1) is 20.1. The number of amides is 1. The number of ketones is 2. The zero-order valence-corrected chi connectivity index (χ0v) is 16.4. The predicted molar refractivity (Wildman–Crippen MR) is 104 cm³/mol. The number of carbonyl (C=O) groups excluding carboxylic acids is 3. The highest BCUT2D eigenvalue weighted by atomic mass is 16.3. The molecule has 0 heterocycles. The lowest BCUT2D eigenvalue weighted by atomic mass is 9.57. The van der Waals surface area contributed by atoms with Crippen LogP contribution in [0, 0.1) is 11.8 Å². The van der Waals surface area contributed by atoms with E-state index in [0.29, 0.717) is 12.0 Å². The normalized spacial score (nSPS) is 30.9. The Morgan fingerprint density at radius 2 is 1.87 bits per heavy atom. The van der Waals surface area contributed by atoms with Gasteiger partial charge in [0.25, 0.3) is 5.91 Å². The molecule has 0 saturated heterocycles. The van der Waals surface area contributed by atoms with Crippen molar-refractivity contribution < 1.29 is 34.8 Å². The Morgan fingerprint density at radius 1 is 1.20 bits per heavy atom. The van der Waals surface area contributed by atoms with Crippen molar-refractivity contribution in [3.63, 3.8) is 0 Å². The molecule has 30 heavy (non-hydrogen) atoms. The van der Waals surface area contributed by atoms with Crippen molar-refractivity contribution in [1.29, 1.82) is 0 Å². The van der Waals surface area contributed by atoms with Crippen molar-refractivity contribution in [3.8, 4) is 5.75 Å². The van der Waals surface area contributed by atoms with Crippen LogP contribution in [0.2, 0.25) is 0 Å². The molecule has 1 fully saturated rings. The minimum atomic E-state index is -2.60. The number of hydrogen-bond donors (Lipinski definition) is 5. The van der Waals surface area contributed by atoms with Crippen LogP contribution in [0.15, 0.2) is 35.1 Å². The summed E-state index contributed by atoms with van der Waals surface area (Å²) in [5, 5.41) is 43.1. The quantitative estimate of drug-likeness (QED) is 0.421. The predicted octanol–water partition coefficient (Wildman–Crippen LogP) is -0.0360. The molecule has 0 aliphatic heterocycles. The van der Waals surface area contributed by atoms with E-state index in [2.05, 4.69) is 0 Å². The van der Waals surface area contributed by atoms with E-state index in [0.717, 1.165) is 0 Å². The van der Waals surface area contributed by atoms with Gasteiger partial charge in [0.1, 0.15) is 22.8 Å². The molecular weight excluding hydrogens is 392 g/mol. The third kappa shape index (κ3) is 2.39. The number of nitrogens with two attached hydrogens (primary N) is 1. The van der Waals surface area contributed by atoms with Crippen LogP contribution in [-0.4, -0.2) is 68.5 Å². The molecule has 6 N–H and O–H groups in total. The topological polar surface area (TPSA) is 161 Å². The van der Waals surface area contributed by atoms with Crippen LogP contribution < -0.4 is 5.73 Å². The number of likely N-dealkylation sites (N-methyl/N-ethyl adjacent to an activating group) is 1. The molecular formula is C21H22N2O7. The van der Waals surface area contributed by atoms with Gasteiger partial charge in [-0.1, -0.05) is 12.1 Å². The van der Waals surface area contributed by atoms with Gasteiger partial charge in [0, 0.05) is 11.5 Å². The average Bonchev–Trinajstić information content (AvgIpc) is 2.64. The number of phenols is 1. The summed E-state index contributed by atoms with van der Waals surface area (Å²) in [6, 6.07) is 3.62. The number of aromatic hydroxyl groups is 1. The van der Waals surface area contributed by atoms with Crippen LogP contribution in [0.4, 0.5) is 0 Å². The number of Topliss-reactive ketones (excluding diaryl/α,β-unsaturated/α-hetero) is 2. The van der Waals surface area contributed by atoms with Gasteiger partial charge in [-0.05, 0) is 44.5 Å². The minimum Gasteiger partial charge on any atom is -0.508 e. The third-order valence-corrected chi connectivity index (χ3v) is 6.46. The second kappa shape index (κ2) is 6.41. The van der Waals surface area contributed by atoms with Crippen LogP contribution in [-0.2, 0) is 20.8 Å². The summed E-state index contributed by atoms with van der Waals surface area (Å²) in [7, 11) is 3.12. The summed E-state index contributed by atoms with van der Waals surface area (Å²) in [5.41, 5.74) is 2.41. The van der Waals surface area contributed by atoms with Crippen molar-refractivity contribution in [2.24, 2.45) is 17.6 Å². The minimum absolute atomic E-state index is 0.0847. The standard InChI is InChI=1S/C21H22N2O7/c1-23(2)15-10-7-9-6-8-4-3-5-11(24)12(8)16(25)13(9)18(27)21(10,30)19(28)14(17(15)26)20(22)29/h3-5,9-10,15,24-25,28,30H,6-7H2,1-2H3,(H2,22,29)/t9-,10-,15-,21+/m0/s1. The van der Waals surface area contributed by atoms with Gasteiger partial charge in [-0.15, -0.1) is 0 Å². The summed E-state index contributed by atoms with van der Waals surface area (Å²) in [6.07, 6.45) is 0.379. The highest BCUT2D eigenvalue weighted by Gasteiger charge is 2.64. The second-order valence-electron chi connectivity index (χ2n) is 8.27. The Kier molecular flexibility index (Phi) is 4.30. The Morgan fingerprint density at radius 3 is 2.47 bits per heavy atom. The molecule has 3 aliphatic rings. The average molecular weight is 414 g/mol. The first-order chi connectivity index (χ1) is 14.0. The Bertz CT molecular complexity index is 1070. The van der Waals surface area contributed by atoms with Crippen LogP contribution in [0.5, 0.6) is 5.75 Å². The zero-order valence-electron chi connectivity index (χ0n) is 16.4. The van der Waals surface area contributed by atoms with Crippen molar-refractivity contribution in [3.05, 3.63) is 46.2 Å². The molecule has 0 unspecified atom stereocenters. The van der Waals surface area contributed by atoms with Crippen molar-refractivity contribution in [2.45, 2.75) is 24.5 Å². The fourth-order valence-corrected chi connectivity index (χ4v) is 5.18. The van der Waals surface area contributed by atoms with E-state index in [1.165, 1.54) is 11.0 Å². The molecule has 9 nitrogen and oxygen atoms in total. The number of benzene rings is 1. The van der Waals surface area contributed by atoms with Gasteiger partial charge in [0.15, 0.2) is 11.4 Å². The summed E-state index contributed by atoms with van der Waals surface area (Å²) in [5.74, 6) is -6.43. The Balaban J connectivity index is 1.98. The second-order valence-corrected chi connectivity index (χ2v) is 8.27. The summed E-state index contributed by atoms with van der Waals surface area (Å²) < 4.78 is 0. The SMILES string of the molecule is CN(C)[C@@H]1C(=O)C(C(N)=O)=C(O)[C@]2(O)C(=O)C3=C(O)c4c(O)cccc4C[C@H]3C[C@@H]12. The largest absolute Gasteiger partial charge is 0.508 e. The monoisotopic (exact) mass is 414 g/mol. The molecule has 9 heteroatoms. The fourth-order valence-electron chi connectivity index (χ4n) is 5.18. The first-order valence-electron chi connectivity index (χ1n) is 9.47. The Labute approximate surface area is 171 Å². The van der Waals surface area contributed by atoms with Crippen molar-refractivity contribution in [2.75, 3.05) is 14.1 Å². The molecule has 0 aromatic heterocycles. The zero-order chi connectivity index (χ0) is 22.1. The van der Waals surface area contributed by atoms with Crippen molar-refractivity contribution >= 4 is 23.2 Å². The van der Waals surface area contributed by atoms with Gasteiger partial charge < -0.3 is 26.2 Å². The maximum Gasteiger partial charge on any atom is 0.255 e. The molecule has 0 spiro atoms. The molecule has 0 bridgehead atoms. The van der Waals surface area contributed by atoms with E-state index < -0.39 is 58.0 Å². The number of primary amides is 1.